The van der Waals surface area contributed by atoms with Gasteiger partial charge in [0.1, 0.15) is 0 Å². The molecule has 0 saturated carbocycles. The minimum absolute atomic E-state index is 1.01. The molecule has 0 unspecified atom stereocenters. The van der Waals surface area contributed by atoms with Crippen LogP contribution in [-0.4, -0.2) is 56.5 Å². The van der Waals surface area contributed by atoms with Crippen LogP contribution in [0.2, 0.25) is 0 Å². The van der Waals surface area contributed by atoms with E-state index in [1.54, 1.807) is 7.05 Å². The van der Waals surface area contributed by atoms with E-state index in [4.69, 9.17) is 0 Å². The summed E-state index contributed by atoms with van der Waals surface area (Å²) in [5.41, 5.74) is 9.69. The van der Waals surface area contributed by atoms with E-state index in [1.165, 1.54) is 44.5 Å². The molecule has 0 fully saturated rings. The number of hydrogen-bond donors (Lipinski definition) is 0. The van der Waals surface area contributed by atoms with Gasteiger partial charge in [0.2, 0.25) is 0 Å². The van der Waals surface area contributed by atoms with Gasteiger partial charge in [0, 0.05) is 87.5 Å². The van der Waals surface area contributed by atoms with Crippen molar-refractivity contribution in [2.45, 2.75) is 0 Å². The van der Waals surface area contributed by atoms with Crippen molar-refractivity contribution in [1.82, 2.24) is 4.57 Å². The third kappa shape index (κ3) is 9.80. The van der Waals surface area contributed by atoms with Crippen LogP contribution < -0.4 is 9.80 Å². The van der Waals surface area contributed by atoms with Crippen LogP contribution in [-0.2, 0) is 7.05 Å². The summed E-state index contributed by atoms with van der Waals surface area (Å²) in [6, 6.07) is 36.6. The van der Waals surface area contributed by atoms with E-state index in [9.17, 15) is 0 Å². The molecule has 0 amide bonds. The van der Waals surface area contributed by atoms with Crippen LogP contribution in [0.5, 0.6) is 0 Å². The fourth-order valence-electron chi connectivity index (χ4n) is 5.32. The first-order valence-corrected chi connectivity index (χ1v) is 18.5. The van der Waals surface area contributed by atoms with E-state index >= 15 is 0 Å². The molecule has 6 heteroatoms. The summed E-state index contributed by atoms with van der Waals surface area (Å²) in [5, 5.41) is 1.28. The summed E-state index contributed by atoms with van der Waals surface area (Å²) in [6.07, 6.45) is 14.8. The molecule has 240 valence electrons. The molecular formula is C41H44N4S2. The van der Waals surface area contributed by atoms with E-state index in [2.05, 4.69) is 168 Å². The molecule has 0 bridgehead atoms. The standard InChI is InChI=1S/C41H44N4S2/c1-42-27-26-36(35-10-6-5-7-11-35)20-14-33-16-22-38(23-17-33)43(2)28-30-46-47-31-29-44(3)39-24-18-34(19-25-39)15-21-37-32-45(4)41-13-9-8-12-40(37)41/h5-27,32H,28-31H2,1-4H3/b20-14+,21-15+,36-26-,42-27?. The molecule has 0 radical (unpaired) electrons. The molecule has 5 rings (SSSR count). The predicted octanol–water partition coefficient (Wildman–Crippen LogP) is 10.1. The van der Waals surface area contributed by atoms with E-state index in [0.717, 1.165) is 30.2 Å². The van der Waals surface area contributed by atoms with Crippen molar-refractivity contribution in [3.63, 3.8) is 0 Å². The number of para-hydroxylation sites is 1. The summed E-state index contributed by atoms with van der Waals surface area (Å²) < 4.78 is 2.19. The molecule has 4 nitrogen and oxygen atoms in total. The molecule has 47 heavy (non-hydrogen) atoms. The molecular weight excluding hydrogens is 613 g/mol. The van der Waals surface area contributed by atoms with E-state index < -0.39 is 0 Å². The SMILES string of the molecule is CN=C/C=C(/C=C/c1ccc(N(C)CCSSCCN(C)c2ccc(/C=C/c3cn(C)c4ccccc34)cc2)cc1)c1ccccc1. The van der Waals surface area contributed by atoms with Crippen molar-refractivity contribution < 1.29 is 0 Å². The van der Waals surface area contributed by atoms with Crippen LogP contribution in [0, 0.1) is 0 Å². The van der Waals surface area contributed by atoms with Gasteiger partial charge >= 0.3 is 0 Å². The quantitative estimate of drug-likeness (QED) is 0.0484. The zero-order valence-electron chi connectivity index (χ0n) is 27.8. The van der Waals surface area contributed by atoms with Gasteiger partial charge in [0.05, 0.1) is 0 Å². The van der Waals surface area contributed by atoms with Crippen molar-refractivity contribution >= 4 is 73.9 Å². The molecule has 0 atom stereocenters. The topological polar surface area (TPSA) is 23.8 Å². The summed E-state index contributed by atoms with van der Waals surface area (Å²) >= 11 is 0. The Morgan fingerprint density at radius 1 is 0.702 bits per heavy atom. The first-order chi connectivity index (χ1) is 23.0. The Hall–Kier alpha value is -4.39. The summed E-state index contributed by atoms with van der Waals surface area (Å²) in [5.74, 6) is 2.16. The van der Waals surface area contributed by atoms with Gasteiger partial charge in [0.15, 0.2) is 0 Å². The molecule has 0 aliphatic rings. The Bertz CT molecular complexity index is 1820. The second-order valence-corrected chi connectivity index (χ2v) is 14.1. The third-order valence-electron chi connectivity index (χ3n) is 8.12. The molecule has 1 heterocycles. The number of hydrogen-bond acceptors (Lipinski definition) is 5. The van der Waals surface area contributed by atoms with Crippen molar-refractivity contribution in [1.29, 1.82) is 0 Å². The van der Waals surface area contributed by atoms with Gasteiger partial charge in [0.25, 0.3) is 0 Å². The summed E-state index contributed by atoms with van der Waals surface area (Å²) in [6.45, 7) is 2.02. The molecule has 0 aliphatic heterocycles. The molecule has 0 N–H and O–H groups in total. The Morgan fingerprint density at radius 3 is 1.89 bits per heavy atom. The van der Waals surface area contributed by atoms with Gasteiger partial charge in [-0.2, -0.15) is 0 Å². The summed E-state index contributed by atoms with van der Waals surface area (Å²) in [7, 11) is 12.1. The molecule has 4 aromatic carbocycles. The van der Waals surface area contributed by atoms with Gasteiger partial charge < -0.3 is 14.4 Å². The van der Waals surface area contributed by atoms with Gasteiger partial charge in [-0.05, 0) is 64.2 Å². The van der Waals surface area contributed by atoms with Crippen molar-refractivity contribution in [2.75, 3.05) is 55.5 Å². The van der Waals surface area contributed by atoms with E-state index in [0.29, 0.717) is 0 Å². The van der Waals surface area contributed by atoms with Crippen LogP contribution in [0.15, 0.2) is 126 Å². The normalized spacial score (nSPS) is 12.2. The van der Waals surface area contributed by atoms with Crippen LogP contribution in [0.3, 0.4) is 0 Å². The second-order valence-electron chi connectivity index (χ2n) is 11.4. The van der Waals surface area contributed by atoms with Crippen molar-refractivity contribution in [3.8, 4) is 0 Å². The highest BCUT2D eigenvalue weighted by Gasteiger charge is 2.05. The minimum atomic E-state index is 1.01. The lowest BCUT2D eigenvalue weighted by Crippen LogP contribution is -2.21. The smallest absolute Gasteiger partial charge is 0.0483 e. The number of nitrogens with zero attached hydrogens (tertiary/aromatic N) is 4. The van der Waals surface area contributed by atoms with Crippen LogP contribution >= 0.6 is 21.6 Å². The molecule has 0 saturated heterocycles. The molecule has 0 aliphatic carbocycles. The van der Waals surface area contributed by atoms with Gasteiger partial charge in [-0.15, -0.1) is 0 Å². The number of allylic oxidation sites excluding steroid dienone is 3. The monoisotopic (exact) mass is 656 g/mol. The third-order valence-corrected chi connectivity index (χ3v) is 10.5. The first kappa shape index (κ1) is 34.0. The Morgan fingerprint density at radius 2 is 1.28 bits per heavy atom. The largest absolute Gasteiger partial charge is 0.374 e. The molecule has 0 spiro atoms. The van der Waals surface area contributed by atoms with Crippen LogP contribution in [0.4, 0.5) is 11.4 Å². The molecule has 5 aromatic rings. The lowest BCUT2D eigenvalue weighted by atomic mass is 10.0. The zero-order chi connectivity index (χ0) is 32.8. The van der Waals surface area contributed by atoms with Gasteiger partial charge in [-0.25, -0.2) is 0 Å². The first-order valence-electron chi connectivity index (χ1n) is 16.0. The average Bonchev–Trinajstić information content (AvgIpc) is 3.44. The lowest BCUT2D eigenvalue weighted by molar-refractivity contribution is 0.968. The zero-order valence-corrected chi connectivity index (χ0v) is 29.4. The maximum absolute atomic E-state index is 4.12. The highest BCUT2D eigenvalue weighted by Crippen LogP contribution is 2.25. The summed E-state index contributed by atoms with van der Waals surface area (Å²) in [4.78, 5) is 8.79. The second kappa shape index (κ2) is 17.5. The van der Waals surface area contributed by atoms with E-state index in [1.807, 2.05) is 39.9 Å². The predicted molar refractivity (Wildman–Crippen MR) is 214 cm³/mol. The maximum atomic E-state index is 4.12. The van der Waals surface area contributed by atoms with Crippen LogP contribution in [0.1, 0.15) is 22.3 Å². The Labute approximate surface area is 288 Å². The van der Waals surface area contributed by atoms with Gasteiger partial charge in [-0.3, -0.25) is 4.99 Å². The lowest BCUT2D eigenvalue weighted by Gasteiger charge is -2.20. The Kier molecular flexibility index (Phi) is 12.6. The number of benzene rings is 4. The number of aliphatic imine (C=N–C) groups is 1. The fraction of sp³-hybridized carbons (Fsp3) is 0.195. The fourth-order valence-corrected chi connectivity index (χ4v) is 7.40. The number of aromatic nitrogens is 1. The van der Waals surface area contributed by atoms with Gasteiger partial charge in [-0.1, -0.05) is 119 Å². The number of fused-ring (bicyclic) bond motifs is 1. The number of anilines is 2. The highest BCUT2D eigenvalue weighted by atomic mass is 33.1. The minimum Gasteiger partial charge on any atom is -0.374 e. The number of aryl methyl sites for hydroxylation is 1. The van der Waals surface area contributed by atoms with Crippen molar-refractivity contribution in [3.05, 3.63) is 144 Å². The maximum Gasteiger partial charge on any atom is 0.0483 e. The van der Waals surface area contributed by atoms with Crippen molar-refractivity contribution in [2.24, 2.45) is 12.0 Å². The molecule has 1 aromatic heterocycles. The number of rotatable bonds is 15. The van der Waals surface area contributed by atoms with Crippen LogP contribution in [0.25, 0.3) is 34.7 Å². The Balaban J connectivity index is 1.01. The average molecular weight is 657 g/mol. The van der Waals surface area contributed by atoms with E-state index in [-0.39, 0.29) is 0 Å². The highest BCUT2D eigenvalue weighted by molar-refractivity contribution is 8.76.